The molecule has 0 amide bonds. The van der Waals surface area contributed by atoms with Crippen molar-refractivity contribution in [1.29, 1.82) is 0 Å². The minimum Gasteiger partial charge on any atom is -0.308 e. The minimum atomic E-state index is 0.483. The summed E-state index contributed by atoms with van der Waals surface area (Å²) in [6.07, 6.45) is 2.91. The van der Waals surface area contributed by atoms with Crippen LogP contribution in [0.5, 0.6) is 0 Å². The number of hydrogen-bond donors (Lipinski definition) is 1. The molecule has 2 heterocycles. The normalized spacial score (nSPS) is 12.6. The van der Waals surface area contributed by atoms with E-state index in [-0.39, 0.29) is 0 Å². The number of hydrogen-bond acceptors (Lipinski definition) is 3. The van der Waals surface area contributed by atoms with Crippen LogP contribution in [0.1, 0.15) is 18.2 Å². The SMILES string of the molecule is CC(Cc1ccsc1)NCc1ccccn1. The van der Waals surface area contributed by atoms with Gasteiger partial charge in [0.25, 0.3) is 0 Å². The first kappa shape index (κ1) is 11.3. The maximum absolute atomic E-state index is 4.29. The summed E-state index contributed by atoms with van der Waals surface area (Å²) in [5.41, 5.74) is 2.51. The molecule has 0 spiro atoms. The van der Waals surface area contributed by atoms with Crippen molar-refractivity contribution < 1.29 is 0 Å². The predicted molar refractivity (Wildman–Crippen MR) is 68.6 cm³/mol. The molecule has 0 fully saturated rings. The second-order valence-corrected chi connectivity index (χ2v) is 4.72. The van der Waals surface area contributed by atoms with E-state index in [2.05, 4.69) is 34.1 Å². The van der Waals surface area contributed by atoms with Crippen LogP contribution in [0.3, 0.4) is 0 Å². The molecular formula is C13H16N2S. The standard InChI is InChI=1S/C13H16N2S/c1-11(8-12-5-7-16-10-12)15-9-13-4-2-3-6-14-13/h2-7,10-11,15H,8-9H2,1H3. The summed E-state index contributed by atoms with van der Waals surface area (Å²) in [6.45, 7) is 3.05. The molecule has 0 saturated heterocycles. The molecule has 0 aromatic carbocycles. The van der Waals surface area contributed by atoms with Gasteiger partial charge in [-0.1, -0.05) is 6.07 Å². The third-order valence-corrected chi connectivity index (χ3v) is 3.21. The van der Waals surface area contributed by atoms with Gasteiger partial charge in [0, 0.05) is 18.8 Å². The number of nitrogens with zero attached hydrogens (tertiary/aromatic N) is 1. The van der Waals surface area contributed by atoms with Crippen LogP contribution in [0, 0.1) is 0 Å². The van der Waals surface area contributed by atoms with Crippen LogP contribution in [0.25, 0.3) is 0 Å². The summed E-state index contributed by atoms with van der Waals surface area (Å²) in [4.78, 5) is 4.29. The molecule has 2 aromatic heterocycles. The van der Waals surface area contributed by atoms with Crippen molar-refractivity contribution in [3.05, 3.63) is 52.5 Å². The maximum atomic E-state index is 4.29. The lowest BCUT2D eigenvalue weighted by atomic mass is 10.1. The highest BCUT2D eigenvalue weighted by molar-refractivity contribution is 7.07. The fourth-order valence-electron chi connectivity index (χ4n) is 1.62. The third-order valence-electron chi connectivity index (χ3n) is 2.48. The highest BCUT2D eigenvalue weighted by atomic mass is 32.1. The first-order chi connectivity index (χ1) is 7.84. The summed E-state index contributed by atoms with van der Waals surface area (Å²) >= 11 is 1.76. The van der Waals surface area contributed by atoms with Gasteiger partial charge < -0.3 is 5.32 Å². The van der Waals surface area contributed by atoms with E-state index in [1.54, 1.807) is 11.3 Å². The van der Waals surface area contributed by atoms with Crippen molar-refractivity contribution in [2.45, 2.75) is 25.9 Å². The number of aromatic nitrogens is 1. The Bertz CT molecular complexity index is 397. The first-order valence-electron chi connectivity index (χ1n) is 5.49. The molecule has 3 heteroatoms. The van der Waals surface area contributed by atoms with Crippen molar-refractivity contribution in [2.75, 3.05) is 0 Å². The Balaban J connectivity index is 1.78. The van der Waals surface area contributed by atoms with E-state index >= 15 is 0 Å². The summed E-state index contributed by atoms with van der Waals surface area (Å²) in [5.74, 6) is 0. The largest absolute Gasteiger partial charge is 0.308 e. The fraction of sp³-hybridized carbons (Fsp3) is 0.308. The van der Waals surface area contributed by atoms with Crippen molar-refractivity contribution in [1.82, 2.24) is 10.3 Å². The average Bonchev–Trinajstić information content (AvgIpc) is 2.81. The molecule has 84 valence electrons. The molecule has 1 N–H and O–H groups in total. The van der Waals surface area contributed by atoms with Crippen LogP contribution < -0.4 is 5.32 Å². The lowest BCUT2D eigenvalue weighted by molar-refractivity contribution is 0.540. The summed E-state index contributed by atoms with van der Waals surface area (Å²) in [5, 5.41) is 7.81. The molecular weight excluding hydrogens is 216 g/mol. The Morgan fingerprint density at radius 3 is 3.00 bits per heavy atom. The summed E-state index contributed by atoms with van der Waals surface area (Å²) in [6, 6.07) is 8.68. The van der Waals surface area contributed by atoms with Gasteiger partial charge in [0.15, 0.2) is 0 Å². The molecule has 0 aliphatic rings. The number of nitrogens with one attached hydrogen (secondary N) is 1. The van der Waals surface area contributed by atoms with E-state index in [1.165, 1.54) is 5.56 Å². The Morgan fingerprint density at radius 1 is 1.38 bits per heavy atom. The van der Waals surface area contributed by atoms with Crippen LogP contribution in [0.2, 0.25) is 0 Å². The molecule has 0 saturated carbocycles. The Labute approximate surface area is 100 Å². The van der Waals surface area contributed by atoms with Gasteiger partial charge in [-0.2, -0.15) is 11.3 Å². The number of rotatable bonds is 5. The van der Waals surface area contributed by atoms with Crippen LogP contribution in [-0.2, 0) is 13.0 Å². The molecule has 2 aromatic rings. The van der Waals surface area contributed by atoms with Crippen molar-refractivity contribution in [3.63, 3.8) is 0 Å². The number of pyridine rings is 1. The van der Waals surface area contributed by atoms with Crippen LogP contribution >= 0.6 is 11.3 Å². The fourth-order valence-corrected chi connectivity index (χ4v) is 2.30. The molecule has 0 bridgehead atoms. The zero-order valence-corrected chi connectivity index (χ0v) is 10.2. The van der Waals surface area contributed by atoms with Gasteiger partial charge in [0.05, 0.1) is 5.69 Å². The number of thiophene rings is 1. The van der Waals surface area contributed by atoms with Crippen molar-refractivity contribution >= 4 is 11.3 Å². The first-order valence-corrected chi connectivity index (χ1v) is 6.43. The Hall–Kier alpha value is -1.19. The van der Waals surface area contributed by atoms with Gasteiger partial charge in [-0.15, -0.1) is 0 Å². The third kappa shape index (κ3) is 3.43. The predicted octanol–water partition coefficient (Wildman–Crippen LogP) is 2.86. The van der Waals surface area contributed by atoms with E-state index in [1.807, 2.05) is 24.4 Å². The molecule has 2 nitrogen and oxygen atoms in total. The van der Waals surface area contributed by atoms with E-state index in [0.29, 0.717) is 6.04 Å². The van der Waals surface area contributed by atoms with Crippen molar-refractivity contribution in [3.8, 4) is 0 Å². The van der Waals surface area contributed by atoms with Gasteiger partial charge in [0.1, 0.15) is 0 Å². The highest BCUT2D eigenvalue weighted by Crippen LogP contribution is 2.08. The summed E-state index contributed by atoms with van der Waals surface area (Å²) in [7, 11) is 0. The van der Waals surface area contributed by atoms with Crippen molar-refractivity contribution in [2.24, 2.45) is 0 Å². The molecule has 1 atom stereocenters. The second kappa shape index (κ2) is 5.77. The van der Waals surface area contributed by atoms with Gasteiger partial charge in [-0.05, 0) is 47.9 Å². The van der Waals surface area contributed by atoms with Gasteiger partial charge >= 0.3 is 0 Å². The van der Waals surface area contributed by atoms with Gasteiger partial charge in [-0.25, -0.2) is 0 Å². The Kier molecular flexibility index (Phi) is 4.08. The average molecular weight is 232 g/mol. The molecule has 2 rings (SSSR count). The monoisotopic (exact) mass is 232 g/mol. The van der Waals surface area contributed by atoms with Gasteiger partial charge in [-0.3, -0.25) is 4.98 Å². The molecule has 0 aliphatic heterocycles. The quantitative estimate of drug-likeness (QED) is 0.857. The molecule has 0 aliphatic carbocycles. The van der Waals surface area contributed by atoms with Crippen LogP contribution in [0.4, 0.5) is 0 Å². The zero-order valence-electron chi connectivity index (χ0n) is 9.39. The van der Waals surface area contributed by atoms with E-state index in [0.717, 1.165) is 18.7 Å². The summed E-state index contributed by atoms with van der Waals surface area (Å²) < 4.78 is 0. The lowest BCUT2D eigenvalue weighted by Gasteiger charge is -2.12. The highest BCUT2D eigenvalue weighted by Gasteiger charge is 2.03. The van der Waals surface area contributed by atoms with Crippen LogP contribution in [0.15, 0.2) is 41.2 Å². The molecule has 1 unspecified atom stereocenters. The maximum Gasteiger partial charge on any atom is 0.0541 e. The van der Waals surface area contributed by atoms with E-state index in [4.69, 9.17) is 0 Å². The lowest BCUT2D eigenvalue weighted by Crippen LogP contribution is -2.27. The van der Waals surface area contributed by atoms with E-state index < -0.39 is 0 Å². The smallest absolute Gasteiger partial charge is 0.0541 e. The Morgan fingerprint density at radius 2 is 2.31 bits per heavy atom. The molecule has 0 radical (unpaired) electrons. The zero-order chi connectivity index (χ0) is 11.2. The second-order valence-electron chi connectivity index (χ2n) is 3.94. The minimum absolute atomic E-state index is 0.483. The van der Waals surface area contributed by atoms with Gasteiger partial charge in [0.2, 0.25) is 0 Å². The topological polar surface area (TPSA) is 24.9 Å². The van der Waals surface area contributed by atoms with Crippen LogP contribution in [-0.4, -0.2) is 11.0 Å². The van der Waals surface area contributed by atoms with E-state index in [9.17, 15) is 0 Å². The molecule has 16 heavy (non-hydrogen) atoms.